The average Bonchev–Trinajstić information content (AvgIpc) is 3.17. The number of rotatable bonds is 10. The first-order valence-corrected chi connectivity index (χ1v) is 12.2. The number of unbranched alkanes of at least 4 members (excludes halogenated alkanes) is 2. The Morgan fingerprint density at radius 2 is 1.76 bits per heavy atom. The predicted octanol–water partition coefficient (Wildman–Crippen LogP) is 6.61. The first-order valence-electron chi connectivity index (χ1n) is 10.7. The number of benzene rings is 2. The second-order valence-corrected chi connectivity index (χ2v) is 9.09. The van der Waals surface area contributed by atoms with Crippen molar-refractivity contribution >= 4 is 51.5 Å². The zero-order valence-corrected chi connectivity index (χ0v) is 21.3. The minimum atomic E-state index is -1.08. The molecule has 0 aliphatic rings. The second-order valence-electron chi connectivity index (χ2n) is 7.21. The Kier molecular flexibility index (Phi) is 12.0. The van der Waals surface area contributed by atoms with Crippen LogP contribution in [0.3, 0.4) is 0 Å². The molecular formula is C24H27Cl2N3O4S. The summed E-state index contributed by atoms with van der Waals surface area (Å²) in [7, 11) is 0. The first-order chi connectivity index (χ1) is 16.3. The lowest BCUT2D eigenvalue weighted by atomic mass is 10.2. The van der Waals surface area contributed by atoms with Crippen LogP contribution in [0, 0.1) is 6.92 Å². The molecule has 0 saturated heterocycles. The van der Waals surface area contributed by atoms with Gasteiger partial charge in [-0.25, -0.2) is 9.78 Å². The third kappa shape index (κ3) is 9.79. The number of carbonyl (C=O) groups is 2. The number of carbonyl (C=O) groups excluding carboxylic acids is 1. The maximum Gasteiger partial charge on any atom is 0.347 e. The quantitative estimate of drug-likeness (QED) is 0.204. The number of aromatic nitrogens is 1. The van der Waals surface area contributed by atoms with Crippen LogP contribution in [0.4, 0.5) is 5.13 Å². The Hall–Kier alpha value is -2.49. The fourth-order valence-corrected chi connectivity index (χ4v) is 4.06. The molecule has 10 heteroatoms. The lowest BCUT2D eigenvalue weighted by Crippen LogP contribution is -2.14. The van der Waals surface area contributed by atoms with E-state index in [9.17, 15) is 9.59 Å². The molecule has 0 radical (unpaired) electrons. The highest BCUT2D eigenvalue weighted by atomic mass is 35.5. The molecule has 0 fully saturated rings. The van der Waals surface area contributed by atoms with E-state index in [0.717, 1.165) is 30.9 Å². The minimum Gasteiger partial charge on any atom is -0.477 e. The van der Waals surface area contributed by atoms with Gasteiger partial charge in [0.05, 0.1) is 12.3 Å². The van der Waals surface area contributed by atoms with E-state index in [1.165, 1.54) is 36.6 Å². The van der Waals surface area contributed by atoms with Crippen molar-refractivity contribution < 1.29 is 19.5 Å². The molecule has 1 heterocycles. The molecule has 0 unspecified atom stereocenters. The highest BCUT2D eigenvalue weighted by Crippen LogP contribution is 2.24. The first kappa shape index (κ1) is 27.8. The summed E-state index contributed by atoms with van der Waals surface area (Å²) in [6.45, 7) is 5.34. The lowest BCUT2D eigenvalue weighted by Gasteiger charge is -2.05. The van der Waals surface area contributed by atoms with Crippen molar-refractivity contribution in [1.82, 2.24) is 10.5 Å². The molecule has 1 amide bonds. The number of hydroxylamine groups is 1. The smallest absolute Gasteiger partial charge is 0.347 e. The van der Waals surface area contributed by atoms with Crippen molar-refractivity contribution in [3.8, 4) is 0 Å². The number of carboxylic acids is 1. The fourth-order valence-electron chi connectivity index (χ4n) is 2.73. The maximum absolute atomic E-state index is 12.0. The van der Waals surface area contributed by atoms with Gasteiger partial charge in [0.2, 0.25) is 0 Å². The van der Waals surface area contributed by atoms with Gasteiger partial charge in [-0.1, -0.05) is 84.6 Å². The van der Waals surface area contributed by atoms with Gasteiger partial charge < -0.3 is 9.94 Å². The summed E-state index contributed by atoms with van der Waals surface area (Å²) in [5.41, 5.74) is 4.83. The molecule has 34 heavy (non-hydrogen) atoms. The second kappa shape index (κ2) is 14.7. The standard InChI is InChI=1S/C12H8Cl2N2O3S.C12H19NO/c1-5-9(11(18)19)20-12(15-5)16-10(17)6-2-7(13)4-8(14)3-6;1-2-3-7-10-14-13-11-12-8-5-4-6-9-12/h2-4H,1H3,(H,18,19)(H,15,16,17);4-6,8-9,13H,2-3,7,10-11H2,1H3. The van der Waals surface area contributed by atoms with Crippen molar-refractivity contribution in [2.75, 3.05) is 11.9 Å². The molecule has 3 rings (SSSR count). The zero-order valence-electron chi connectivity index (χ0n) is 18.9. The number of carboxylic acid groups (broad SMARTS) is 1. The van der Waals surface area contributed by atoms with E-state index >= 15 is 0 Å². The van der Waals surface area contributed by atoms with Crippen LogP contribution >= 0.6 is 34.5 Å². The topological polar surface area (TPSA) is 101 Å². The normalized spacial score (nSPS) is 10.4. The summed E-state index contributed by atoms with van der Waals surface area (Å²) in [5, 5.41) is 12.3. The Labute approximate surface area is 213 Å². The number of aromatic carboxylic acids is 1. The van der Waals surface area contributed by atoms with Crippen molar-refractivity contribution in [2.45, 2.75) is 39.7 Å². The summed E-state index contributed by atoms with van der Waals surface area (Å²) in [5.74, 6) is -1.54. The predicted molar refractivity (Wildman–Crippen MR) is 137 cm³/mol. The van der Waals surface area contributed by atoms with Gasteiger partial charge >= 0.3 is 5.97 Å². The SMILES string of the molecule is CCCCCONCc1ccccc1.Cc1nc(NC(=O)c2cc(Cl)cc(Cl)c2)sc1C(=O)O. The summed E-state index contributed by atoms with van der Waals surface area (Å²) in [4.78, 5) is 32.3. The third-order valence-corrected chi connectivity index (χ3v) is 5.90. The lowest BCUT2D eigenvalue weighted by molar-refractivity contribution is 0.0342. The van der Waals surface area contributed by atoms with Crippen molar-refractivity contribution in [3.63, 3.8) is 0 Å². The minimum absolute atomic E-state index is 0.0874. The number of nitrogens with one attached hydrogen (secondary N) is 2. The van der Waals surface area contributed by atoms with Gasteiger partial charge in [-0.3, -0.25) is 10.1 Å². The van der Waals surface area contributed by atoms with Crippen LogP contribution in [-0.4, -0.2) is 28.6 Å². The molecule has 0 aliphatic carbocycles. The van der Waals surface area contributed by atoms with E-state index in [0.29, 0.717) is 15.7 Å². The summed E-state index contributed by atoms with van der Waals surface area (Å²) < 4.78 is 0. The molecular weight excluding hydrogens is 497 g/mol. The van der Waals surface area contributed by atoms with Crippen LogP contribution in [0.25, 0.3) is 0 Å². The summed E-state index contributed by atoms with van der Waals surface area (Å²) >= 11 is 12.5. The number of thiazole rings is 1. The number of halogens is 2. The Balaban J connectivity index is 0.000000257. The number of nitrogens with zero attached hydrogens (tertiary/aromatic N) is 1. The molecule has 7 nitrogen and oxygen atoms in total. The fraction of sp³-hybridized carbons (Fsp3) is 0.292. The van der Waals surface area contributed by atoms with E-state index in [1.807, 2.05) is 18.2 Å². The number of hydrogen-bond acceptors (Lipinski definition) is 6. The molecule has 0 spiro atoms. The van der Waals surface area contributed by atoms with E-state index in [2.05, 4.69) is 34.8 Å². The highest BCUT2D eigenvalue weighted by molar-refractivity contribution is 7.17. The van der Waals surface area contributed by atoms with E-state index in [-0.39, 0.29) is 15.6 Å². The monoisotopic (exact) mass is 523 g/mol. The van der Waals surface area contributed by atoms with Crippen LogP contribution in [0.1, 0.15) is 57.5 Å². The van der Waals surface area contributed by atoms with Gasteiger partial charge in [-0.15, -0.1) is 0 Å². The summed E-state index contributed by atoms with van der Waals surface area (Å²) in [6.07, 6.45) is 3.62. The number of hydrogen-bond donors (Lipinski definition) is 3. The van der Waals surface area contributed by atoms with Crippen molar-refractivity contribution in [1.29, 1.82) is 0 Å². The molecule has 0 saturated carbocycles. The van der Waals surface area contributed by atoms with E-state index in [4.69, 9.17) is 33.1 Å². The highest BCUT2D eigenvalue weighted by Gasteiger charge is 2.16. The molecule has 0 bridgehead atoms. The molecule has 182 valence electrons. The largest absolute Gasteiger partial charge is 0.477 e. The Morgan fingerprint density at radius 1 is 1.09 bits per heavy atom. The summed E-state index contributed by atoms with van der Waals surface area (Å²) in [6, 6.07) is 14.7. The number of anilines is 1. The molecule has 0 atom stereocenters. The average molecular weight is 524 g/mol. The molecule has 1 aromatic heterocycles. The van der Waals surface area contributed by atoms with Crippen molar-refractivity contribution in [3.05, 3.63) is 80.3 Å². The van der Waals surface area contributed by atoms with Gasteiger partial charge in [-0.2, -0.15) is 5.48 Å². The number of amides is 1. The number of aryl methyl sites for hydroxylation is 1. The maximum atomic E-state index is 12.0. The van der Waals surface area contributed by atoms with E-state index in [1.54, 1.807) is 6.92 Å². The van der Waals surface area contributed by atoms with Gasteiger partial charge in [0.25, 0.3) is 5.91 Å². The van der Waals surface area contributed by atoms with Crippen LogP contribution in [0.5, 0.6) is 0 Å². The zero-order chi connectivity index (χ0) is 24.9. The van der Waals surface area contributed by atoms with Crippen LogP contribution in [0.2, 0.25) is 10.0 Å². The van der Waals surface area contributed by atoms with Gasteiger partial charge in [0.15, 0.2) is 5.13 Å². The molecule has 3 N–H and O–H groups in total. The van der Waals surface area contributed by atoms with E-state index < -0.39 is 11.9 Å². The van der Waals surface area contributed by atoms with Crippen LogP contribution in [0.15, 0.2) is 48.5 Å². The molecule has 3 aromatic rings. The van der Waals surface area contributed by atoms with Crippen LogP contribution in [-0.2, 0) is 11.4 Å². The third-order valence-electron chi connectivity index (χ3n) is 4.41. The van der Waals surface area contributed by atoms with Gasteiger partial charge in [0.1, 0.15) is 4.88 Å². The molecule has 0 aliphatic heterocycles. The van der Waals surface area contributed by atoms with Crippen molar-refractivity contribution in [2.24, 2.45) is 0 Å². The Bertz CT molecular complexity index is 1060. The van der Waals surface area contributed by atoms with Gasteiger partial charge in [0, 0.05) is 22.2 Å². The Morgan fingerprint density at radius 3 is 2.35 bits per heavy atom. The molecule has 2 aromatic carbocycles. The van der Waals surface area contributed by atoms with Crippen LogP contribution < -0.4 is 10.8 Å². The van der Waals surface area contributed by atoms with Gasteiger partial charge in [-0.05, 0) is 37.1 Å².